The van der Waals surface area contributed by atoms with Crippen LogP contribution in [-0.4, -0.2) is 92.5 Å². The van der Waals surface area contributed by atoms with Crippen molar-refractivity contribution in [1.29, 1.82) is 0 Å². The van der Waals surface area contributed by atoms with Crippen LogP contribution < -0.4 is 21.7 Å². The number of rotatable bonds is 13. The summed E-state index contributed by atoms with van der Waals surface area (Å²) in [7, 11) is 0. The van der Waals surface area contributed by atoms with Gasteiger partial charge in [0.1, 0.15) is 24.2 Å². The lowest BCUT2D eigenvalue weighted by Gasteiger charge is -2.24. The summed E-state index contributed by atoms with van der Waals surface area (Å²) in [6.07, 6.45) is 0.601. The molecule has 0 saturated heterocycles. The van der Waals surface area contributed by atoms with Crippen LogP contribution in [0, 0.1) is 0 Å². The Morgan fingerprint density at radius 3 is 2.06 bits per heavy atom. The van der Waals surface area contributed by atoms with Crippen LogP contribution in [0.5, 0.6) is 0 Å². The van der Waals surface area contributed by atoms with Gasteiger partial charge in [0.2, 0.25) is 17.7 Å². The van der Waals surface area contributed by atoms with Crippen molar-refractivity contribution in [2.75, 3.05) is 13.2 Å². The first-order valence-corrected chi connectivity index (χ1v) is 10.4. The minimum atomic E-state index is -1.65. The second-order valence-corrected chi connectivity index (χ2v) is 7.65. The Morgan fingerprint density at radius 2 is 1.46 bits per heavy atom. The molecule has 0 aliphatic carbocycles. The Bertz CT molecular complexity index is 1090. The molecule has 0 aliphatic rings. The first-order chi connectivity index (χ1) is 16.6. The summed E-state index contributed by atoms with van der Waals surface area (Å²) in [6, 6.07) is 0.953. The number of carbonyl (C=O) groups is 5. The molecule has 14 nitrogen and oxygen atoms in total. The Morgan fingerprint density at radius 1 is 0.857 bits per heavy atom. The zero-order valence-electron chi connectivity index (χ0n) is 18.4. The van der Waals surface area contributed by atoms with Crippen LogP contribution in [0.15, 0.2) is 30.5 Å². The normalized spacial score (nSPS) is 14.4. The largest absolute Gasteiger partial charge is 0.481 e. The van der Waals surface area contributed by atoms with Gasteiger partial charge in [0.05, 0.1) is 19.6 Å². The summed E-state index contributed by atoms with van der Waals surface area (Å²) in [5.41, 5.74) is 6.72. The highest BCUT2D eigenvalue weighted by molar-refractivity contribution is 5.96. The summed E-state index contributed by atoms with van der Waals surface area (Å²) in [6.45, 7) is -1.66. The number of aliphatic carboxylic acids is 2. The van der Waals surface area contributed by atoms with E-state index < -0.39 is 73.5 Å². The fraction of sp³-hybridized carbons (Fsp3) is 0.381. The number of benzene rings is 1. The monoisotopic (exact) mass is 493 g/mol. The van der Waals surface area contributed by atoms with Crippen LogP contribution >= 0.6 is 0 Å². The molecule has 2 rings (SSSR count). The highest BCUT2D eigenvalue weighted by atomic mass is 16.4. The van der Waals surface area contributed by atoms with Gasteiger partial charge in [-0.1, -0.05) is 18.2 Å². The maximum absolute atomic E-state index is 12.9. The number of fused-ring (bicyclic) bond motifs is 1. The van der Waals surface area contributed by atoms with E-state index in [1.54, 1.807) is 30.5 Å². The van der Waals surface area contributed by atoms with Crippen molar-refractivity contribution in [2.45, 2.75) is 37.0 Å². The van der Waals surface area contributed by atoms with Crippen molar-refractivity contribution in [3.8, 4) is 0 Å². The molecule has 14 heteroatoms. The van der Waals surface area contributed by atoms with Crippen LogP contribution in [0.3, 0.4) is 0 Å². The molecule has 0 fully saturated rings. The molecule has 0 radical (unpaired) electrons. The molecule has 4 unspecified atom stereocenters. The quantitative estimate of drug-likeness (QED) is 0.137. The minimum absolute atomic E-state index is 0.136. The van der Waals surface area contributed by atoms with Gasteiger partial charge in [0, 0.05) is 23.5 Å². The van der Waals surface area contributed by atoms with Crippen molar-refractivity contribution in [3.63, 3.8) is 0 Å². The van der Waals surface area contributed by atoms with E-state index in [9.17, 15) is 29.1 Å². The van der Waals surface area contributed by atoms with E-state index in [2.05, 4.69) is 20.9 Å². The maximum Gasteiger partial charge on any atom is 0.328 e. The van der Waals surface area contributed by atoms with Crippen LogP contribution in [0.1, 0.15) is 12.0 Å². The first-order valence-electron chi connectivity index (χ1n) is 10.4. The van der Waals surface area contributed by atoms with Gasteiger partial charge < -0.3 is 47.1 Å². The highest BCUT2D eigenvalue weighted by Crippen LogP contribution is 2.19. The summed E-state index contributed by atoms with van der Waals surface area (Å²) in [5, 5.41) is 43.8. The molecule has 0 spiro atoms. The topological polar surface area (TPSA) is 244 Å². The zero-order valence-corrected chi connectivity index (χ0v) is 18.4. The number of H-pyrrole nitrogens is 1. The predicted molar refractivity (Wildman–Crippen MR) is 120 cm³/mol. The molecule has 0 bridgehead atoms. The summed E-state index contributed by atoms with van der Waals surface area (Å²) in [4.78, 5) is 63.2. The number of carboxylic acids is 2. The molecule has 10 N–H and O–H groups in total. The summed E-state index contributed by atoms with van der Waals surface area (Å²) >= 11 is 0. The lowest BCUT2D eigenvalue weighted by molar-refractivity contribution is -0.144. The number of nitrogens with one attached hydrogen (secondary N) is 4. The van der Waals surface area contributed by atoms with Crippen molar-refractivity contribution in [3.05, 3.63) is 36.0 Å². The van der Waals surface area contributed by atoms with Gasteiger partial charge >= 0.3 is 11.9 Å². The number of carboxylic acid groups (broad SMARTS) is 2. The van der Waals surface area contributed by atoms with Crippen LogP contribution in [0.25, 0.3) is 10.9 Å². The Labute approximate surface area is 198 Å². The Balaban J connectivity index is 2.31. The number of nitrogens with two attached hydrogens (primary N) is 1. The van der Waals surface area contributed by atoms with Crippen molar-refractivity contribution in [1.82, 2.24) is 20.9 Å². The molecule has 190 valence electrons. The maximum atomic E-state index is 12.9. The number of para-hydroxylation sites is 1. The first kappa shape index (κ1) is 27.2. The SMILES string of the molecule is NC(CO)C(=O)NC(CC(=O)O)C(=O)NC(Cc1c[nH]c2ccccc12)C(=O)NC(CO)C(=O)O. The minimum Gasteiger partial charge on any atom is -0.481 e. The number of aromatic nitrogens is 1. The van der Waals surface area contributed by atoms with Gasteiger partial charge in [-0.05, 0) is 11.6 Å². The van der Waals surface area contributed by atoms with Crippen LogP contribution in [0.4, 0.5) is 0 Å². The predicted octanol–water partition coefficient (Wildman–Crippen LogP) is -2.96. The van der Waals surface area contributed by atoms with E-state index >= 15 is 0 Å². The van der Waals surface area contributed by atoms with Crippen molar-refractivity contribution < 1.29 is 44.4 Å². The second kappa shape index (κ2) is 12.5. The Hall–Kier alpha value is -4.01. The standard InChI is InChI=1S/C21H27N5O9/c22-12(8-27)18(31)24-15(6-17(29)30)20(33)25-14(19(32)26-16(9-28)21(34)35)5-10-7-23-13-4-2-1-3-11(10)13/h1-4,7,12,14-16,23,27-28H,5-6,8-9,22H2,(H,24,31)(H,25,33)(H,26,32)(H,29,30)(H,34,35). The third-order valence-corrected chi connectivity index (χ3v) is 5.07. The lowest BCUT2D eigenvalue weighted by atomic mass is 10.0. The van der Waals surface area contributed by atoms with Gasteiger partial charge in [0.15, 0.2) is 0 Å². The molecule has 2 aromatic rings. The van der Waals surface area contributed by atoms with E-state index in [-0.39, 0.29) is 6.42 Å². The van der Waals surface area contributed by atoms with Crippen molar-refractivity contribution >= 4 is 40.6 Å². The number of aliphatic hydroxyl groups excluding tert-OH is 2. The third-order valence-electron chi connectivity index (χ3n) is 5.07. The molecule has 0 aliphatic heterocycles. The number of hydrogen-bond acceptors (Lipinski definition) is 8. The highest BCUT2D eigenvalue weighted by Gasteiger charge is 2.31. The van der Waals surface area contributed by atoms with Gasteiger partial charge in [-0.3, -0.25) is 19.2 Å². The number of hydrogen-bond donors (Lipinski definition) is 9. The third kappa shape index (κ3) is 7.49. The number of aromatic amines is 1. The molecule has 1 aromatic heterocycles. The second-order valence-electron chi connectivity index (χ2n) is 7.65. The van der Waals surface area contributed by atoms with E-state index in [4.69, 9.17) is 21.1 Å². The van der Waals surface area contributed by atoms with E-state index in [1.807, 2.05) is 0 Å². The number of carbonyl (C=O) groups excluding carboxylic acids is 3. The summed E-state index contributed by atoms with van der Waals surface area (Å²) in [5.74, 6) is -5.95. The smallest absolute Gasteiger partial charge is 0.328 e. The molecular formula is C21H27N5O9. The fourth-order valence-corrected chi connectivity index (χ4v) is 3.21. The van der Waals surface area contributed by atoms with Gasteiger partial charge in [0.25, 0.3) is 0 Å². The molecule has 0 saturated carbocycles. The fourth-order valence-electron chi connectivity index (χ4n) is 3.21. The van der Waals surface area contributed by atoms with Gasteiger partial charge in [-0.25, -0.2) is 4.79 Å². The molecule has 3 amide bonds. The molecule has 1 aromatic carbocycles. The van der Waals surface area contributed by atoms with E-state index in [0.29, 0.717) is 5.56 Å². The van der Waals surface area contributed by atoms with Crippen LogP contribution in [-0.2, 0) is 30.4 Å². The van der Waals surface area contributed by atoms with Crippen LogP contribution in [0.2, 0.25) is 0 Å². The number of amides is 3. The molecular weight excluding hydrogens is 466 g/mol. The summed E-state index contributed by atoms with van der Waals surface area (Å²) < 4.78 is 0. The lowest BCUT2D eigenvalue weighted by Crippen LogP contribution is -2.58. The van der Waals surface area contributed by atoms with Gasteiger partial charge in [-0.2, -0.15) is 0 Å². The Kier molecular flexibility index (Phi) is 9.69. The van der Waals surface area contributed by atoms with E-state index in [0.717, 1.165) is 10.9 Å². The van der Waals surface area contributed by atoms with Crippen molar-refractivity contribution in [2.24, 2.45) is 5.73 Å². The number of aliphatic hydroxyl groups is 2. The molecule has 4 atom stereocenters. The zero-order chi connectivity index (χ0) is 26.1. The van der Waals surface area contributed by atoms with E-state index in [1.165, 1.54) is 0 Å². The average Bonchev–Trinajstić information content (AvgIpc) is 3.23. The average molecular weight is 493 g/mol. The molecule has 1 heterocycles. The van der Waals surface area contributed by atoms with Gasteiger partial charge in [-0.15, -0.1) is 0 Å². The molecule has 35 heavy (non-hydrogen) atoms.